The Balaban J connectivity index is 1.55. The van der Waals surface area contributed by atoms with E-state index in [4.69, 9.17) is 0 Å². The van der Waals surface area contributed by atoms with E-state index in [1.165, 1.54) is 12.8 Å². The van der Waals surface area contributed by atoms with Gasteiger partial charge in [-0.05, 0) is 37.5 Å². The van der Waals surface area contributed by atoms with Crippen LogP contribution in [0.2, 0.25) is 0 Å². The van der Waals surface area contributed by atoms with E-state index in [-0.39, 0.29) is 17.6 Å². The van der Waals surface area contributed by atoms with Gasteiger partial charge in [-0.25, -0.2) is 4.98 Å². The van der Waals surface area contributed by atoms with Crippen LogP contribution in [0.15, 0.2) is 12.4 Å². The molecular formula is C18H27N3O2. The number of likely N-dealkylation sites (tertiary alicyclic amines) is 1. The molecular weight excluding hydrogens is 290 g/mol. The largest absolute Gasteiger partial charge is 0.336 e. The summed E-state index contributed by atoms with van der Waals surface area (Å²) in [5.74, 6) is 2.11. The monoisotopic (exact) mass is 317 g/mol. The fourth-order valence-corrected chi connectivity index (χ4v) is 3.39. The molecule has 1 aliphatic carbocycles. The first kappa shape index (κ1) is 16.2. The molecule has 0 radical (unpaired) electrons. The lowest BCUT2D eigenvalue weighted by molar-refractivity contribution is -0.145. The number of carbonyl (C=O) groups excluding carboxylic acids is 2. The molecule has 0 N–H and O–H groups in total. The molecule has 0 aromatic carbocycles. The predicted octanol–water partition coefficient (Wildman–Crippen LogP) is 2.61. The van der Waals surface area contributed by atoms with Crippen molar-refractivity contribution in [3.05, 3.63) is 18.2 Å². The van der Waals surface area contributed by atoms with Crippen LogP contribution in [-0.4, -0.2) is 39.2 Å². The summed E-state index contributed by atoms with van der Waals surface area (Å²) < 4.78 is 2.30. The highest BCUT2D eigenvalue weighted by atomic mass is 16.2. The minimum absolute atomic E-state index is 0.235. The molecule has 5 nitrogen and oxygen atoms in total. The molecule has 23 heavy (non-hydrogen) atoms. The summed E-state index contributed by atoms with van der Waals surface area (Å²) in [5.41, 5.74) is 0. The van der Waals surface area contributed by atoms with Gasteiger partial charge in [0.05, 0.1) is 0 Å². The lowest BCUT2D eigenvalue weighted by Gasteiger charge is -2.31. The van der Waals surface area contributed by atoms with Crippen molar-refractivity contribution in [2.45, 2.75) is 58.4 Å². The molecule has 126 valence electrons. The lowest BCUT2D eigenvalue weighted by Crippen LogP contribution is -2.42. The predicted molar refractivity (Wildman–Crippen MR) is 88.0 cm³/mol. The number of ketones is 1. The van der Waals surface area contributed by atoms with E-state index in [2.05, 4.69) is 15.7 Å². The molecule has 1 aromatic heterocycles. The maximum atomic E-state index is 12.2. The Bertz CT molecular complexity index is 567. The molecule has 1 amide bonds. The second-order valence-corrected chi connectivity index (χ2v) is 7.47. The number of piperidine rings is 1. The Morgan fingerprint density at radius 2 is 1.91 bits per heavy atom. The first-order valence-electron chi connectivity index (χ1n) is 8.87. The molecule has 2 aliphatic rings. The van der Waals surface area contributed by atoms with Crippen molar-refractivity contribution >= 4 is 11.7 Å². The van der Waals surface area contributed by atoms with Gasteiger partial charge >= 0.3 is 0 Å². The Morgan fingerprint density at radius 1 is 1.22 bits per heavy atom. The van der Waals surface area contributed by atoms with Crippen molar-refractivity contribution in [1.29, 1.82) is 0 Å². The third kappa shape index (κ3) is 4.01. The van der Waals surface area contributed by atoms with Gasteiger partial charge in [-0.2, -0.15) is 0 Å². The zero-order valence-corrected chi connectivity index (χ0v) is 14.2. The van der Waals surface area contributed by atoms with Crippen molar-refractivity contribution in [3.63, 3.8) is 0 Å². The minimum atomic E-state index is -0.293. The van der Waals surface area contributed by atoms with Gasteiger partial charge in [0, 0.05) is 44.4 Å². The van der Waals surface area contributed by atoms with Crippen molar-refractivity contribution in [3.8, 4) is 0 Å². The summed E-state index contributed by atoms with van der Waals surface area (Å²) in [6, 6.07) is 0. The lowest BCUT2D eigenvalue weighted by atomic mass is 9.95. The number of rotatable bonds is 6. The summed E-state index contributed by atoms with van der Waals surface area (Å²) >= 11 is 0. The molecule has 3 rings (SSSR count). The van der Waals surface area contributed by atoms with Gasteiger partial charge in [0.15, 0.2) is 0 Å². The molecule has 5 heteroatoms. The summed E-state index contributed by atoms with van der Waals surface area (Å²) in [7, 11) is 0. The average Bonchev–Trinajstić information content (AvgIpc) is 3.22. The normalized spacial score (nSPS) is 19.3. The van der Waals surface area contributed by atoms with Crippen LogP contribution < -0.4 is 0 Å². The Hall–Kier alpha value is -1.65. The average molecular weight is 317 g/mol. The Kier molecular flexibility index (Phi) is 4.83. The number of aromatic nitrogens is 2. The summed E-state index contributed by atoms with van der Waals surface area (Å²) in [6.07, 6.45) is 8.80. The second kappa shape index (κ2) is 6.85. The molecule has 2 heterocycles. The van der Waals surface area contributed by atoms with Crippen LogP contribution in [0.4, 0.5) is 0 Å². The van der Waals surface area contributed by atoms with E-state index in [0.29, 0.717) is 25.4 Å². The van der Waals surface area contributed by atoms with Crippen LogP contribution in [0.1, 0.15) is 57.7 Å². The molecule has 0 spiro atoms. The number of imidazole rings is 1. The first-order chi connectivity index (χ1) is 11.0. The highest BCUT2D eigenvalue weighted by Gasteiger charge is 2.30. The molecule has 0 atom stereocenters. The summed E-state index contributed by atoms with van der Waals surface area (Å²) in [5, 5.41) is 0. The number of carbonyl (C=O) groups is 2. The molecule has 2 fully saturated rings. The fourth-order valence-electron chi connectivity index (χ4n) is 3.39. The SMILES string of the molecule is CC(C)CC(=O)C(=O)N1CCC(c2nccn2CC2CC2)CC1. The Morgan fingerprint density at radius 3 is 2.52 bits per heavy atom. The molecule has 1 saturated heterocycles. The highest BCUT2D eigenvalue weighted by molar-refractivity contribution is 6.36. The quantitative estimate of drug-likeness (QED) is 0.758. The summed E-state index contributed by atoms with van der Waals surface area (Å²) in [6.45, 7) is 6.36. The van der Waals surface area contributed by atoms with Gasteiger partial charge in [-0.15, -0.1) is 0 Å². The number of Topliss-reactive ketones (excluding diaryl/α,β-unsaturated/α-hetero) is 1. The summed E-state index contributed by atoms with van der Waals surface area (Å²) in [4.78, 5) is 30.4. The molecule has 1 aliphatic heterocycles. The van der Waals surface area contributed by atoms with Gasteiger partial charge in [-0.1, -0.05) is 13.8 Å². The van der Waals surface area contributed by atoms with Gasteiger partial charge in [-0.3, -0.25) is 9.59 Å². The van der Waals surface area contributed by atoms with Crippen LogP contribution >= 0.6 is 0 Å². The first-order valence-corrected chi connectivity index (χ1v) is 8.87. The van der Waals surface area contributed by atoms with Gasteiger partial charge in [0.25, 0.3) is 5.91 Å². The van der Waals surface area contributed by atoms with Crippen LogP contribution in [0.3, 0.4) is 0 Å². The maximum absolute atomic E-state index is 12.2. The number of amides is 1. The Labute approximate surface area is 138 Å². The van der Waals surface area contributed by atoms with Gasteiger partial charge in [0.1, 0.15) is 5.82 Å². The molecule has 1 saturated carbocycles. The van der Waals surface area contributed by atoms with E-state index in [1.807, 2.05) is 20.0 Å². The van der Waals surface area contributed by atoms with Crippen LogP contribution in [-0.2, 0) is 16.1 Å². The van der Waals surface area contributed by atoms with E-state index >= 15 is 0 Å². The van der Waals surface area contributed by atoms with Gasteiger partial charge in [0.2, 0.25) is 5.78 Å². The molecule has 0 bridgehead atoms. The van der Waals surface area contributed by atoms with Crippen molar-refractivity contribution in [1.82, 2.24) is 14.5 Å². The van der Waals surface area contributed by atoms with Crippen molar-refractivity contribution < 1.29 is 9.59 Å². The molecule has 1 aromatic rings. The van der Waals surface area contributed by atoms with Crippen LogP contribution in [0.5, 0.6) is 0 Å². The van der Waals surface area contributed by atoms with E-state index in [1.54, 1.807) is 4.90 Å². The fraction of sp³-hybridized carbons (Fsp3) is 0.722. The zero-order chi connectivity index (χ0) is 16.4. The van der Waals surface area contributed by atoms with Crippen molar-refractivity contribution in [2.75, 3.05) is 13.1 Å². The third-order valence-corrected chi connectivity index (χ3v) is 4.88. The number of nitrogens with zero attached hydrogens (tertiary/aromatic N) is 3. The van der Waals surface area contributed by atoms with Crippen molar-refractivity contribution in [2.24, 2.45) is 11.8 Å². The number of hydrogen-bond acceptors (Lipinski definition) is 3. The minimum Gasteiger partial charge on any atom is -0.336 e. The standard InChI is InChI=1S/C18H27N3O2/c1-13(2)11-16(22)18(23)20-8-5-15(6-9-20)17-19-7-10-21(17)12-14-3-4-14/h7,10,13-15H,3-6,8-9,11-12H2,1-2H3. The maximum Gasteiger partial charge on any atom is 0.289 e. The van der Waals surface area contributed by atoms with E-state index in [0.717, 1.165) is 31.1 Å². The number of hydrogen-bond donors (Lipinski definition) is 0. The van der Waals surface area contributed by atoms with Crippen LogP contribution in [0, 0.1) is 11.8 Å². The molecule has 0 unspecified atom stereocenters. The topological polar surface area (TPSA) is 55.2 Å². The third-order valence-electron chi connectivity index (χ3n) is 4.88. The van der Waals surface area contributed by atoms with E-state index in [9.17, 15) is 9.59 Å². The highest BCUT2D eigenvalue weighted by Crippen LogP contribution is 2.33. The zero-order valence-electron chi connectivity index (χ0n) is 14.2. The second-order valence-electron chi connectivity index (χ2n) is 7.47. The van der Waals surface area contributed by atoms with E-state index < -0.39 is 0 Å². The van der Waals surface area contributed by atoms with Gasteiger partial charge < -0.3 is 9.47 Å². The smallest absolute Gasteiger partial charge is 0.289 e. The van der Waals surface area contributed by atoms with Crippen LogP contribution in [0.25, 0.3) is 0 Å².